The highest BCUT2D eigenvalue weighted by atomic mass is 16.5. The fourth-order valence-electron chi connectivity index (χ4n) is 3.53. The number of para-hydroxylation sites is 1. The highest BCUT2D eigenvalue weighted by molar-refractivity contribution is 5.78. The minimum absolute atomic E-state index is 0.234. The Morgan fingerprint density at radius 3 is 2.40 bits per heavy atom. The second kappa shape index (κ2) is 6.79. The van der Waals surface area contributed by atoms with Crippen molar-refractivity contribution < 1.29 is 9.84 Å². The van der Waals surface area contributed by atoms with Gasteiger partial charge in [0, 0.05) is 12.0 Å². The molecule has 0 heterocycles. The molecule has 1 aromatic rings. The lowest BCUT2D eigenvalue weighted by Crippen LogP contribution is -1.92. The monoisotopic (exact) mass is 334 g/mol. The summed E-state index contributed by atoms with van der Waals surface area (Å²) in [4.78, 5) is 0. The largest absolute Gasteiger partial charge is 0.504 e. The molecule has 130 valence electrons. The molecule has 0 fully saturated rings. The number of methoxy groups -OCH3 is 1. The lowest BCUT2D eigenvalue weighted by atomic mass is 9.97. The predicted octanol–water partition coefficient (Wildman–Crippen LogP) is 5.84. The van der Waals surface area contributed by atoms with Gasteiger partial charge < -0.3 is 9.84 Å². The van der Waals surface area contributed by atoms with Crippen molar-refractivity contribution in [1.29, 1.82) is 0 Å². The quantitative estimate of drug-likeness (QED) is 0.650. The molecule has 3 rings (SSSR count). The van der Waals surface area contributed by atoms with Crippen molar-refractivity contribution in [2.24, 2.45) is 0 Å². The molecule has 2 nitrogen and oxygen atoms in total. The first-order valence-corrected chi connectivity index (χ1v) is 8.80. The van der Waals surface area contributed by atoms with Crippen molar-refractivity contribution in [3.8, 4) is 22.6 Å². The van der Waals surface area contributed by atoms with Crippen LogP contribution in [0.5, 0.6) is 11.5 Å². The summed E-state index contributed by atoms with van der Waals surface area (Å²) in [6.07, 6.45) is 0.690. The first kappa shape index (κ1) is 17.3. The number of hydrogen-bond acceptors (Lipinski definition) is 2. The number of fused-ring (bicyclic) bond motifs is 1. The Bertz CT molecular complexity index is 878. The van der Waals surface area contributed by atoms with Crippen LogP contribution in [0.15, 0.2) is 42.5 Å². The normalized spacial score (nSPS) is 11.3. The topological polar surface area (TPSA) is 29.5 Å². The van der Waals surface area contributed by atoms with Crippen LogP contribution in [0.1, 0.15) is 47.6 Å². The lowest BCUT2D eigenvalue weighted by Gasteiger charge is -2.10. The maximum Gasteiger partial charge on any atom is 0.161 e. The molecule has 0 saturated carbocycles. The van der Waals surface area contributed by atoms with E-state index in [9.17, 15) is 5.11 Å². The van der Waals surface area contributed by atoms with Crippen LogP contribution in [0.3, 0.4) is 0 Å². The average molecular weight is 334 g/mol. The Kier molecular flexibility index (Phi) is 4.71. The van der Waals surface area contributed by atoms with Crippen molar-refractivity contribution >= 4 is 0 Å². The molecular weight excluding hydrogens is 308 g/mol. The molecule has 0 atom stereocenters. The maximum atomic E-state index is 10.4. The number of hydrogen-bond donors (Lipinski definition) is 1. The highest BCUT2D eigenvalue weighted by Crippen LogP contribution is 2.39. The van der Waals surface area contributed by atoms with Crippen LogP contribution in [0, 0.1) is 13.8 Å². The molecule has 0 unspecified atom stereocenters. The van der Waals surface area contributed by atoms with Gasteiger partial charge in [-0.3, -0.25) is 0 Å². The highest BCUT2D eigenvalue weighted by Gasteiger charge is 2.18. The number of aryl methyl sites for hydroxylation is 2. The lowest BCUT2D eigenvalue weighted by molar-refractivity contribution is 0.371. The summed E-state index contributed by atoms with van der Waals surface area (Å²) in [5, 5.41) is 10.4. The van der Waals surface area contributed by atoms with Crippen molar-refractivity contribution in [2.45, 2.75) is 40.0 Å². The molecule has 1 aromatic carbocycles. The van der Waals surface area contributed by atoms with E-state index in [2.05, 4.69) is 52.0 Å². The summed E-state index contributed by atoms with van der Waals surface area (Å²) < 4.78 is 5.25. The Hall–Kier alpha value is -2.48. The van der Waals surface area contributed by atoms with E-state index in [1.54, 1.807) is 13.2 Å². The van der Waals surface area contributed by atoms with E-state index in [1.165, 1.54) is 33.4 Å². The van der Waals surface area contributed by atoms with Crippen LogP contribution < -0.4 is 4.74 Å². The zero-order chi connectivity index (χ0) is 18.1. The summed E-state index contributed by atoms with van der Waals surface area (Å²) >= 11 is 0. The maximum absolute atomic E-state index is 10.4. The van der Waals surface area contributed by atoms with Crippen molar-refractivity contribution in [3.63, 3.8) is 0 Å². The zero-order valence-electron chi connectivity index (χ0n) is 15.7. The van der Waals surface area contributed by atoms with E-state index in [0.717, 1.165) is 5.56 Å². The van der Waals surface area contributed by atoms with Crippen molar-refractivity contribution in [3.05, 3.63) is 70.3 Å². The Morgan fingerprint density at radius 1 is 0.960 bits per heavy atom. The van der Waals surface area contributed by atoms with Gasteiger partial charge in [0.1, 0.15) is 0 Å². The van der Waals surface area contributed by atoms with Gasteiger partial charge in [-0.15, -0.1) is 0 Å². The Balaban J connectivity index is 2.11. The van der Waals surface area contributed by atoms with E-state index in [1.807, 2.05) is 12.1 Å². The molecule has 0 bridgehead atoms. The Morgan fingerprint density at radius 2 is 1.72 bits per heavy atom. The summed E-state index contributed by atoms with van der Waals surface area (Å²) in [6, 6.07) is 14.7. The van der Waals surface area contributed by atoms with Crippen LogP contribution in [-0.2, 0) is 6.42 Å². The molecule has 0 radical (unpaired) electrons. The molecule has 0 aromatic heterocycles. The molecule has 2 heteroatoms. The molecule has 2 aliphatic rings. The first-order chi connectivity index (χ1) is 11.9. The van der Waals surface area contributed by atoms with Gasteiger partial charge >= 0.3 is 0 Å². The van der Waals surface area contributed by atoms with Crippen LogP contribution in [0.25, 0.3) is 11.1 Å². The van der Waals surface area contributed by atoms with Gasteiger partial charge in [-0.25, -0.2) is 0 Å². The number of aromatic hydroxyl groups is 1. The minimum Gasteiger partial charge on any atom is -0.504 e. The van der Waals surface area contributed by atoms with Gasteiger partial charge in [-0.05, 0) is 59.2 Å². The third-order valence-corrected chi connectivity index (χ3v) is 4.99. The smallest absolute Gasteiger partial charge is 0.161 e. The van der Waals surface area contributed by atoms with Gasteiger partial charge in [-0.2, -0.15) is 0 Å². The van der Waals surface area contributed by atoms with Crippen LogP contribution in [0.4, 0.5) is 0 Å². The minimum atomic E-state index is 0.234. The molecule has 25 heavy (non-hydrogen) atoms. The molecule has 0 amide bonds. The number of rotatable bonds is 4. The molecule has 2 aliphatic carbocycles. The average Bonchev–Trinajstić information content (AvgIpc) is 2.75. The SMILES string of the molecule is COc1cccc(Cc2cc(C)c3cc(C(C)C)ccc(C)c2-3)c1O. The molecular formula is C23H26O2. The first-order valence-electron chi connectivity index (χ1n) is 8.80. The molecule has 0 aliphatic heterocycles. The van der Waals surface area contributed by atoms with Gasteiger partial charge in [0.25, 0.3) is 0 Å². The van der Waals surface area contributed by atoms with Crippen molar-refractivity contribution in [2.75, 3.05) is 7.11 Å². The van der Waals surface area contributed by atoms with Gasteiger partial charge in [0.2, 0.25) is 0 Å². The van der Waals surface area contributed by atoms with Gasteiger partial charge in [0.15, 0.2) is 11.5 Å². The number of phenolic OH excluding ortho intramolecular Hbond substituents is 1. The van der Waals surface area contributed by atoms with Crippen LogP contribution in [-0.4, -0.2) is 12.2 Å². The molecule has 0 saturated heterocycles. The third-order valence-electron chi connectivity index (χ3n) is 4.99. The van der Waals surface area contributed by atoms with Crippen molar-refractivity contribution in [1.82, 2.24) is 0 Å². The summed E-state index contributed by atoms with van der Waals surface area (Å²) in [6.45, 7) is 8.79. The Labute approximate surface area is 150 Å². The van der Waals surface area contributed by atoms with E-state index in [4.69, 9.17) is 4.74 Å². The fourth-order valence-corrected chi connectivity index (χ4v) is 3.53. The van der Waals surface area contributed by atoms with E-state index < -0.39 is 0 Å². The predicted molar refractivity (Wildman–Crippen MR) is 104 cm³/mol. The second-order valence-electron chi connectivity index (χ2n) is 7.10. The van der Waals surface area contributed by atoms with E-state index >= 15 is 0 Å². The summed E-state index contributed by atoms with van der Waals surface area (Å²) in [5.41, 5.74) is 8.65. The number of phenols is 1. The summed E-state index contributed by atoms with van der Waals surface area (Å²) in [7, 11) is 1.58. The molecule has 1 N–H and O–H groups in total. The van der Waals surface area contributed by atoms with Crippen LogP contribution in [0.2, 0.25) is 0 Å². The van der Waals surface area contributed by atoms with Gasteiger partial charge in [0.05, 0.1) is 7.11 Å². The zero-order valence-corrected chi connectivity index (χ0v) is 15.7. The standard InChI is InChI=1S/C23H26O2/c1-14(2)17-10-9-15(3)22-19(11-16(4)20(22)13-17)12-18-7-6-8-21(25-5)23(18)24/h6-11,13-14,24H,12H2,1-5H3. The van der Waals surface area contributed by atoms with Crippen LogP contribution >= 0.6 is 0 Å². The molecule has 0 spiro atoms. The van der Waals surface area contributed by atoms with E-state index in [0.29, 0.717) is 18.1 Å². The number of benzene rings is 1. The van der Waals surface area contributed by atoms with Gasteiger partial charge in [-0.1, -0.05) is 50.2 Å². The number of ether oxygens (including phenoxy) is 1. The fraction of sp³-hybridized carbons (Fsp3) is 0.304. The second-order valence-corrected chi connectivity index (χ2v) is 7.10. The van der Waals surface area contributed by atoms with E-state index in [-0.39, 0.29) is 5.75 Å². The summed E-state index contributed by atoms with van der Waals surface area (Å²) in [5.74, 6) is 1.25. The third kappa shape index (κ3) is 3.21.